The predicted molar refractivity (Wildman–Crippen MR) is 72.1 cm³/mol. The number of likely N-dealkylation sites (N-methyl/N-ethyl adjacent to an activating group) is 1. The van der Waals surface area contributed by atoms with E-state index in [2.05, 4.69) is 4.90 Å². The van der Waals surface area contributed by atoms with Crippen molar-refractivity contribution in [1.29, 1.82) is 0 Å². The SMILES string of the molecule is COCCCN(C)C(CN)c1cc(C)ccc1F. The number of ether oxygens (including phenoxy) is 1. The van der Waals surface area contributed by atoms with Gasteiger partial charge in [0.05, 0.1) is 0 Å². The van der Waals surface area contributed by atoms with Crippen molar-refractivity contribution in [2.75, 3.05) is 33.9 Å². The molecule has 0 saturated carbocycles. The van der Waals surface area contributed by atoms with E-state index in [1.807, 2.05) is 20.0 Å². The smallest absolute Gasteiger partial charge is 0.128 e. The van der Waals surface area contributed by atoms with Crippen LogP contribution in [0.15, 0.2) is 18.2 Å². The first-order chi connectivity index (χ1) is 8.60. The zero-order valence-electron chi connectivity index (χ0n) is 11.4. The standard InChI is InChI=1S/C14H23FN2O/c1-11-5-6-13(15)12(9-11)14(10-16)17(2)7-4-8-18-3/h5-6,9,14H,4,7-8,10,16H2,1-3H3. The van der Waals surface area contributed by atoms with Gasteiger partial charge < -0.3 is 10.5 Å². The van der Waals surface area contributed by atoms with Crippen LogP contribution in [0.4, 0.5) is 4.39 Å². The van der Waals surface area contributed by atoms with E-state index in [0.717, 1.165) is 18.5 Å². The highest BCUT2D eigenvalue weighted by atomic mass is 19.1. The highest BCUT2D eigenvalue weighted by Crippen LogP contribution is 2.22. The lowest BCUT2D eigenvalue weighted by Gasteiger charge is -2.27. The summed E-state index contributed by atoms with van der Waals surface area (Å²) < 4.78 is 18.9. The predicted octanol–water partition coefficient (Wildman–Crippen LogP) is 2.10. The summed E-state index contributed by atoms with van der Waals surface area (Å²) in [6, 6.07) is 5.08. The van der Waals surface area contributed by atoms with E-state index in [4.69, 9.17) is 10.5 Å². The molecule has 0 saturated heterocycles. The van der Waals surface area contributed by atoms with Crippen molar-refractivity contribution < 1.29 is 9.13 Å². The van der Waals surface area contributed by atoms with Crippen molar-refractivity contribution in [3.8, 4) is 0 Å². The Bertz CT molecular complexity index is 371. The summed E-state index contributed by atoms with van der Waals surface area (Å²) in [6.07, 6.45) is 0.914. The maximum absolute atomic E-state index is 13.8. The lowest BCUT2D eigenvalue weighted by molar-refractivity contribution is 0.165. The molecular weight excluding hydrogens is 231 g/mol. The van der Waals surface area contributed by atoms with Crippen molar-refractivity contribution in [3.63, 3.8) is 0 Å². The molecule has 0 aromatic heterocycles. The normalized spacial score (nSPS) is 13.0. The van der Waals surface area contributed by atoms with Crippen LogP contribution in [0.5, 0.6) is 0 Å². The Morgan fingerprint density at radius 3 is 2.78 bits per heavy atom. The fourth-order valence-electron chi connectivity index (χ4n) is 2.08. The van der Waals surface area contributed by atoms with Crippen LogP contribution in [0, 0.1) is 12.7 Å². The summed E-state index contributed by atoms with van der Waals surface area (Å²) in [5.41, 5.74) is 7.52. The van der Waals surface area contributed by atoms with Crippen LogP contribution in [0.25, 0.3) is 0 Å². The molecule has 0 aliphatic heterocycles. The van der Waals surface area contributed by atoms with Gasteiger partial charge in [-0.15, -0.1) is 0 Å². The van der Waals surface area contributed by atoms with Crippen LogP contribution in [0.3, 0.4) is 0 Å². The fraction of sp³-hybridized carbons (Fsp3) is 0.571. The van der Waals surface area contributed by atoms with E-state index >= 15 is 0 Å². The first-order valence-electron chi connectivity index (χ1n) is 6.25. The highest BCUT2D eigenvalue weighted by Gasteiger charge is 2.18. The number of methoxy groups -OCH3 is 1. The van der Waals surface area contributed by atoms with E-state index in [1.54, 1.807) is 13.2 Å². The topological polar surface area (TPSA) is 38.5 Å². The highest BCUT2D eigenvalue weighted by molar-refractivity contribution is 5.27. The Balaban J connectivity index is 2.78. The van der Waals surface area contributed by atoms with Crippen molar-refractivity contribution in [3.05, 3.63) is 35.1 Å². The van der Waals surface area contributed by atoms with E-state index in [0.29, 0.717) is 18.7 Å². The molecule has 1 aromatic carbocycles. The molecule has 0 radical (unpaired) electrons. The Labute approximate surface area is 109 Å². The van der Waals surface area contributed by atoms with Crippen LogP contribution < -0.4 is 5.73 Å². The van der Waals surface area contributed by atoms with Gasteiger partial charge in [-0.05, 0) is 26.5 Å². The van der Waals surface area contributed by atoms with E-state index in [-0.39, 0.29) is 11.9 Å². The van der Waals surface area contributed by atoms with Crippen LogP contribution in [0.1, 0.15) is 23.6 Å². The molecule has 18 heavy (non-hydrogen) atoms. The van der Waals surface area contributed by atoms with Crippen molar-refractivity contribution in [1.82, 2.24) is 4.90 Å². The molecule has 0 fully saturated rings. The number of aryl methyl sites for hydroxylation is 1. The third kappa shape index (κ3) is 4.05. The minimum atomic E-state index is -0.186. The van der Waals surface area contributed by atoms with Crippen molar-refractivity contribution >= 4 is 0 Å². The molecule has 102 valence electrons. The molecular formula is C14H23FN2O. The van der Waals surface area contributed by atoms with Gasteiger partial charge in [0.15, 0.2) is 0 Å². The van der Waals surface area contributed by atoms with Gasteiger partial charge >= 0.3 is 0 Å². The van der Waals surface area contributed by atoms with Gasteiger partial charge in [-0.2, -0.15) is 0 Å². The summed E-state index contributed by atoms with van der Waals surface area (Å²) in [4.78, 5) is 2.08. The Hall–Kier alpha value is -0.970. The molecule has 3 nitrogen and oxygen atoms in total. The maximum atomic E-state index is 13.8. The van der Waals surface area contributed by atoms with Gasteiger partial charge in [-0.1, -0.05) is 17.7 Å². The Kier molecular flexibility index (Phi) is 6.25. The lowest BCUT2D eigenvalue weighted by Crippen LogP contribution is -2.32. The molecule has 0 heterocycles. The maximum Gasteiger partial charge on any atom is 0.128 e. The average molecular weight is 254 g/mol. The molecule has 0 aliphatic rings. The van der Waals surface area contributed by atoms with Gasteiger partial charge in [0.25, 0.3) is 0 Å². The lowest BCUT2D eigenvalue weighted by atomic mass is 10.0. The molecule has 0 bridgehead atoms. The van der Waals surface area contributed by atoms with E-state index < -0.39 is 0 Å². The Morgan fingerprint density at radius 2 is 2.17 bits per heavy atom. The first kappa shape index (κ1) is 15.1. The minimum Gasteiger partial charge on any atom is -0.385 e. The summed E-state index contributed by atoms with van der Waals surface area (Å²) in [7, 11) is 3.65. The molecule has 4 heteroatoms. The van der Waals surface area contributed by atoms with Gasteiger partial charge in [0, 0.05) is 38.4 Å². The van der Waals surface area contributed by atoms with Crippen LogP contribution >= 0.6 is 0 Å². The summed E-state index contributed by atoms with van der Waals surface area (Å²) in [6.45, 7) is 3.91. The van der Waals surface area contributed by atoms with Gasteiger partial charge in [-0.3, -0.25) is 4.90 Å². The molecule has 0 spiro atoms. The van der Waals surface area contributed by atoms with Crippen molar-refractivity contribution in [2.24, 2.45) is 5.73 Å². The largest absolute Gasteiger partial charge is 0.385 e. The Morgan fingerprint density at radius 1 is 1.44 bits per heavy atom. The van der Waals surface area contributed by atoms with Gasteiger partial charge in [0.2, 0.25) is 0 Å². The van der Waals surface area contributed by atoms with Crippen LogP contribution in [0.2, 0.25) is 0 Å². The quantitative estimate of drug-likeness (QED) is 0.757. The second kappa shape index (κ2) is 7.46. The fourth-order valence-corrected chi connectivity index (χ4v) is 2.08. The average Bonchev–Trinajstić information content (AvgIpc) is 2.35. The number of nitrogens with zero attached hydrogens (tertiary/aromatic N) is 1. The number of hydrogen-bond acceptors (Lipinski definition) is 3. The second-order valence-corrected chi connectivity index (χ2v) is 4.60. The second-order valence-electron chi connectivity index (χ2n) is 4.60. The number of halogens is 1. The number of nitrogens with two attached hydrogens (primary N) is 1. The van der Waals surface area contributed by atoms with Crippen LogP contribution in [-0.2, 0) is 4.74 Å². The number of hydrogen-bond donors (Lipinski definition) is 1. The third-order valence-corrected chi connectivity index (χ3v) is 3.13. The summed E-state index contributed by atoms with van der Waals surface area (Å²) in [5, 5.41) is 0. The zero-order chi connectivity index (χ0) is 13.5. The van der Waals surface area contributed by atoms with E-state index in [1.165, 1.54) is 6.07 Å². The first-order valence-corrected chi connectivity index (χ1v) is 6.25. The number of benzene rings is 1. The van der Waals surface area contributed by atoms with E-state index in [9.17, 15) is 4.39 Å². The summed E-state index contributed by atoms with van der Waals surface area (Å²) in [5.74, 6) is -0.186. The van der Waals surface area contributed by atoms with Crippen molar-refractivity contribution in [2.45, 2.75) is 19.4 Å². The van der Waals surface area contributed by atoms with Gasteiger partial charge in [0.1, 0.15) is 5.82 Å². The van der Waals surface area contributed by atoms with Gasteiger partial charge in [-0.25, -0.2) is 4.39 Å². The summed E-state index contributed by atoms with van der Waals surface area (Å²) >= 11 is 0. The molecule has 1 atom stereocenters. The molecule has 1 unspecified atom stereocenters. The monoisotopic (exact) mass is 254 g/mol. The minimum absolute atomic E-state index is 0.0817. The third-order valence-electron chi connectivity index (χ3n) is 3.13. The molecule has 1 aromatic rings. The molecule has 1 rings (SSSR count). The zero-order valence-corrected chi connectivity index (χ0v) is 11.4. The van der Waals surface area contributed by atoms with Crippen LogP contribution in [-0.4, -0.2) is 38.8 Å². The number of rotatable bonds is 7. The molecule has 0 amide bonds. The molecule has 0 aliphatic carbocycles. The molecule has 2 N–H and O–H groups in total.